The molecule has 3 nitrogen and oxygen atoms in total. The number of hydrogen-bond donors (Lipinski definition) is 0. The molecular formula is C11H15N3. The summed E-state index contributed by atoms with van der Waals surface area (Å²) in [4.78, 5) is 0. The first kappa shape index (κ1) is 9.19. The second-order valence-corrected chi connectivity index (χ2v) is 4.19. The van der Waals surface area contributed by atoms with Gasteiger partial charge in [0, 0.05) is 11.8 Å². The average Bonchev–Trinajstić information content (AvgIpc) is 2.61. The number of aromatic nitrogens is 3. The van der Waals surface area contributed by atoms with E-state index in [0.717, 1.165) is 11.9 Å². The van der Waals surface area contributed by atoms with Gasteiger partial charge in [0.2, 0.25) is 0 Å². The standard InChI is InChI=1S/C11H15N3/c1-4-11(2,3)9-8-13-14-10(9)6-5-7-12-14/h5-8H,4H2,1-3H3. The molecule has 2 aromatic heterocycles. The van der Waals surface area contributed by atoms with Gasteiger partial charge in [0.05, 0.1) is 11.7 Å². The topological polar surface area (TPSA) is 30.2 Å². The molecule has 2 heterocycles. The molecule has 2 rings (SSSR count). The van der Waals surface area contributed by atoms with Crippen LogP contribution in [0.3, 0.4) is 0 Å². The average molecular weight is 189 g/mol. The number of rotatable bonds is 2. The van der Waals surface area contributed by atoms with Crippen LogP contribution in [-0.4, -0.2) is 14.8 Å². The molecule has 2 aromatic rings. The van der Waals surface area contributed by atoms with Gasteiger partial charge in [-0.2, -0.15) is 14.8 Å². The Kier molecular flexibility index (Phi) is 2.02. The van der Waals surface area contributed by atoms with Gasteiger partial charge in [-0.25, -0.2) is 0 Å². The van der Waals surface area contributed by atoms with E-state index in [1.807, 2.05) is 12.3 Å². The van der Waals surface area contributed by atoms with Crippen molar-refractivity contribution in [1.82, 2.24) is 14.8 Å². The van der Waals surface area contributed by atoms with Gasteiger partial charge in [-0.1, -0.05) is 20.8 Å². The maximum absolute atomic E-state index is 4.24. The zero-order chi connectivity index (χ0) is 10.2. The summed E-state index contributed by atoms with van der Waals surface area (Å²) in [6.45, 7) is 6.66. The summed E-state index contributed by atoms with van der Waals surface area (Å²) in [5.41, 5.74) is 2.55. The highest BCUT2D eigenvalue weighted by molar-refractivity contribution is 5.55. The second-order valence-electron chi connectivity index (χ2n) is 4.19. The van der Waals surface area contributed by atoms with Crippen LogP contribution in [0.4, 0.5) is 0 Å². The highest BCUT2D eigenvalue weighted by Crippen LogP contribution is 2.29. The summed E-state index contributed by atoms with van der Waals surface area (Å²) < 4.78 is 1.69. The van der Waals surface area contributed by atoms with Crippen molar-refractivity contribution in [3.05, 3.63) is 30.1 Å². The van der Waals surface area contributed by atoms with Gasteiger partial charge in [-0.3, -0.25) is 0 Å². The zero-order valence-corrected chi connectivity index (χ0v) is 8.86. The molecule has 0 aromatic carbocycles. The molecule has 74 valence electrons. The molecule has 0 atom stereocenters. The van der Waals surface area contributed by atoms with Gasteiger partial charge in [-0.15, -0.1) is 0 Å². The van der Waals surface area contributed by atoms with E-state index in [1.54, 1.807) is 10.8 Å². The Labute approximate surface area is 83.8 Å². The fourth-order valence-electron chi connectivity index (χ4n) is 1.54. The first-order valence-corrected chi connectivity index (χ1v) is 4.94. The molecule has 0 bridgehead atoms. The molecule has 0 unspecified atom stereocenters. The Balaban J connectivity index is 2.64. The maximum atomic E-state index is 4.24. The molecule has 14 heavy (non-hydrogen) atoms. The van der Waals surface area contributed by atoms with E-state index in [-0.39, 0.29) is 5.41 Å². The van der Waals surface area contributed by atoms with Crippen LogP contribution in [0.15, 0.2) is 24.5 Å². The second kappa shape index (κ2) is 3.08. The zero-order valence-electron chi connectivity index (χ0n) is 8.86. The summed E-state index contributed by atoms with van der Waals surface area (Å²) in [6, 6.07) is 4.01. The van der Waals surface area contributed by atoms with Crippen molar-refractivity contribution in [2.24, 2.45) is 0 Å². The highest BCUT2D eigenvalue weighted by atomic mass is 15.4. The van der Waals surface area contributed by atoms with E-state index >= 15 is 0 Å². The predicted octanol–water partition coefficient (Wildman–Crippen LogP) is 2.42. The third-order valence-corrected chi connectivity index (χ3v) is 2.92. The van der Waals surface area contributed by atoms with E-state index in [2.05, 4.69) is 37.0 Å². The molecule has 0 saturated heterocycles. The van der Waals surface area contributed by atoms with Crippen molar-refractivity contribution in [3.63, 3.8) is 0 Å². The number of nitrogens with zero attached hydrogens (tertiary/aromatic N) is 3. The van der Waals surface area contributed by atoms with Crippen LogP contribution in [-0.2, 0) is 5.41 Å². The lowest BCUT2D eigenvalue weighted by atomic mass is 9.83. The molecule has 3 heteroatoms. The Morgan fingerprint density at radius 3 is 2.86 bits per heavy atom. The molecule has 0 radical (unpaired) electrons. The van der Waals surface area contributed by atoms with Crippen LogP contribution < -0.4 is 0 Å². The highest BCUT2D eigenvalue weighted by Gasteiger charge is 2.22. The quantitative estimate of drug-likeness (QED) is 0.726. The molecular weight excluding hydrogens is 174 g/mol. The number of fused-ring (bicyclic) bond motifs is 1. The third kappa shape index (κ3) is 1.29. The lowest BCUT2D eigenvalue weighted by molar-refractivity contribution is 0.510. The monoisotopic (exact) mass is 189 g/mol. The van der Waals surface area contributed by atoms with E-state index in [0.29, 0.717) is 0 Å². The lowest BCUT2D eigenvalue weighted by Gasteiger charge is -2.21. The lowest BCUT2D eigenvalue weighted by Crippen LogP contribution is -2.14. The molecule has 0 N–H and O–H groups in total. The van der Waals surface area contributed by atoms with E-state index < -0.39 is 0 Å². The van der Waals surface area contributed by atoms with E-state index in [4.69, 9.17) is 0 Å². The molecule has 0 fully saturated rings. The minimum atomic E-state index is 0.171. The van der Waals surface area contributed by atoms with E-state index in [9.17, 15) is 0 Å². The van der Waals surface area contributed by atoms with Crippen molar-refractivity contribution in [1.29, 1.82) is 0 Å². The van der Waals surface area contributed by atoms with Gasteiger partial charge in [0.1, 0.15) is 0 Å². The van der Waals surface area contributed by atoms with Crippen molar-refractivity contribution >= 4 is 5.52 Å². The van der Waals surface area contributed by atoms with Crippen LogP contribution in [0.1, 0.15) is 32.8 Å². The molecule has 0 aliphatic carbocycles. The summed E-state index contributed by atoms with van der Waals surface area (Å²) in [5.74, 6) is 0. The fraction of sp³-hybridized carbons (Fsp3) is 0.455. The Morgan fingerprint density at radius 2 is 2.14 bits per heavy atom. The smallest absolute Gasteiger partial charge is 0.0910 e. The van der Waals surface area contributed by atoms with Crippen LogP contribution in [0.5, 0.6) is 0 Å². The Hall–Kier alpha value is -1.38. The minimum Gasteiger partial charge on any atom is -0.159 e. The van der Waals surface area contributed by atoms with Gasteiger partial charge >= 0.3 is 0 Å². The number of hydrogen-bond acceptors (Lipinski definition) is 2. The van der Waals surface area contributed by atoms with Gasteiger partial charge in [-0.05, 0) is 24.0 Å². The van der Waals surface area contributed by atoms with Gasteiger partial charge in [0.15, 0.2) is 0 Å². The summed E-state index contributed by atoms with van der Waals surface area (Å²) in [7, 11) is 0. The Morgan fingerprint density at radius 1 is 1.36 bits per heavy atom. The summed E-state index contributed by atoms with van der Waals surface area (Å²) in [5, 5.41) is 8.39. The summed E-state index contributed by atoms with van der Waals surface area (Å²) in [6.07, 6.45) is 4.78. The Bertz CT molecular complexity index is 442. The fourth-order valence-corrected chi connectivity index (χ4v) is 1.54. The predicted molar refractivity (Wildman–Crippen MR) is 56.3 cm³/mol. The van der Waals surface area contributed by atoms with Crippen LogP contribution in [0, 0.1) is 0 Å². The molecule has 0 aliphatic heterocycles. The molecule has 0 aliphatic rings. The van der Waals surface area contributed by atoms with Crippen LogP contribution in [0.25, 0.3) is 5.52 Å². The first-order chi connectivity index (χ1) is 6.65. The maximum Gasteiger partial charge on any atom is 0.0910 e. The largest absolute Gasteiger partial charge is 0.159 e. The van der Waals surface area contributed by atoms with E-state index in [1.165, 1.54) is 5.56 Å². The van der Waals surface area contributed by atoms with Gasteiger partial charge in [0.25, 0.3) is 0 Å². The van der Waals surface area contributed by atoms with Crippen molar-refractivity contribution in [2.45, 2.75) is 32.6 Å². The van der Waals surface area contributed by atoms with Crippen LogP contribution in [0.2, 0.25) is 0 Å². The third-order valence-electron chi connectivity index (χ3n) is 2.92. The molecule has 0 saturated carbocycles. The first-order valence-electron chi connectivity index (χ1n) is 4.94. The van der Waals surface area contributed by atoms with Crippen LogP contribution >= 0.6 is 0 Å². The van der Waals surface area contributed by atoms with Crippen molar-refractivity contribution in [3.8, 4) is 0 Å². The normalized spacial score (nSPS) is 12.2. The molecule has 0 amide bonds. The minimum absolute atomic E-state index is 0.171. The molecule has 0 spiro atoms. The van der Waals surface area contributed by atoms with Gasteiger partial charge < -0.3 is 0 Å². The SMILES string of the molecule is CCC(C)(C)c1cnn2ncccc12. The van der Waals surface area contributed by atoms with Crippen molar-refractivity contribution < 1.29 is 0 Å². The summed E-state index contributed by atoms with van der Waals surface area (Å²) >= 11 is 0. The van der Waals surface area contributed by atoms with Crippen molar-refractivity contribution in [2.75, 3.05) is 0 Å².